The molecule has 1 fully saturated rings. The molecule has 0 spiro atoms. The number of hydrogen-bond acceptors (Lipinski definition) is 8. The van der Waals surface area contributed by atoms with Crippen LogP contribution < -0.4 is 25.0 Å². The molecule has 1 aliphatic rings. The van der Waals surface area contributed by atoms with E-state index in [9.17, 15) is 4.79 Å². The van der Waals surface area contributed by atoms with Crippen LogP contribution in [0.5, 0.6) is 11.5 Å². The molecule has 2 aromatic carbocycles. The van der Waals surface area contributed by atoms with E-state index in [0.29, 0.717) is 33.9 Å². The molecule has 5 rings (SSSR count). The summed E-state index contributed by atoms with van der Waals surface area (Å²) in [6.07, 6.45) is 2.74. The highest BCUT2D eigenvalue weighted by molar-refractivity contribution is 9.10. The number of amides is 1. The van der Waals surface area contributed by atoms with E-state index in [2.05, 4.69) is 54.5 Å². The van der Waals surface area contributed by atoms with Crippen LogP contribution in [0.3, 0.4) is 0 Å². The molecule has 2 aromatic heterocycles. The summed E-state index contributed by atoms with van der Waals surface area (Å²) in [5.74, 6) is 1.48. The van der Waals surface area contributed by atoms with Crippen molar-refractivity contribution in [3.8, 4) is 22.9 Å². The Morgan fingerprint density at radius 1 is 1.07 bits per heavy atom. The minimum Gasteiger partial charge on any atom is -0.494 e. The van der Waals surface area contributed by atoms with Crippen molar-refractivity contribution in [2.75, 3.05) is 55.9 Å². The van der Waals surface area contributed by atoms with E-state index in [-0.39, 0.29) is 0 Å². The van der Waals surface area contributed by atoms with Gasteiger partial charge in [-0.15, -0.1) is 0 Å². The summed E-state index contributed by atoms with van der Waals surface area (Å²) >= 11 is 9.69. The molecule has 0 bridgehead atoms. The molecule has 0 aliphatic carbocycles. The first-order chi connectivity index (χ1) is 19.7. The fourth-order valence-corrected chi connectivity index (χ4v) is 5.68. The van der Waals surface area contributed by atoms with Gasteiger partial charge in [-0.05, 0) is 49.9 Å². The number of nitrogens with one attached hydrogen (secondary N) is 2. The third-order valence-electron chi connectivity index (χ3n) is 6.89. The molecule has 3 heterocycles. The number of aryl methyl sites for hydroxylation is 2. The molecule has 214 valence electrons. The van der Waals surface area contributed by atoms with Gasteiger partial charge in [0.2, 0.25) is 5.95 Å². The minimum atomic E-state index is -0.647. The smallest absolute Gasteiger partial charge is 0.417 e. The summed E-state index contributed by atoms with van der Waals surface area (Å²) in [5, 5.41) is 6.41. The van der Waals surface area contributed by atoms with E-state index in [4.69, 9.17) is 26.1 Å². The van der Waals surface area contributed by atoms with Crippen LogP contribution in [0.15, 0.2) is 59.3 Å². The first kappa shape index (κ1) is 28.7. The van der Waals surface area contributed by atoms with Gasteiger partial charge in [-0.2, -0.15) is 0 Å². The molecular formula is C29H31BrClN7O3. The molecule has 1 saturated heterocycles. The van der Waals surface area contributed by atoms with E-state index >= 15 is 0 Å². The topological polar surface area (TPSA) is 96.8 Å². The van der Waals surface area contributed by atoms with Crippen LogP contribution in [0.4, 0.5) is 27.8 Å². The van der Waals surface area contributed by atoms with E-state index in [1.54, 1.807) is 37.7 Å². The number of benzene rings is 2. The van der Waals surface area contributed by atoms with Crippen molar-refractivity contribution >= 4 is 56.6 Å². The number of aromatic nitrogens is 3. The average Bonchev–Trinajstić information content (AvgIpc) is 3.31. The largest absolute Gasteiger partial charge is 0.494 e. The van der Waals surface area contributed by atoms with E-state index in [1.807, 2.05) is 36.7 Å². The quantitative estimate of drug-likeness (QED) is 0.242. The van der Waals surface area contributed by atoms with Crippen molar-refractivity contribution in [1.29, 1.82) is 0 Å². The number of carbonyl (C=O) groups excluding carboxylic acids is 1. The molecule has 0 atom stereocenters. The second-order valence-corrected chi connectivity index (χ2v) is 11.2. The first-order valence-electron chi connectivity index (χ1n) is 13.0. The van der Waals surface area contributed by atoms with Crippen LogP contribution >= 0.6 is 27.5 Å². The third-order valence-corrected chi connectivity index (χ3v) is 7.64. The summed E-state index contributed by atoms with van der Waals surface area (Å²) in [7, 11) is 5.64. The zero-order chi connectivity index (χ0) is 29.1. The fourth-order valence-electron chi connectivity index (χ4n) is 4.67. The first-order valence-corrected chi connectivity index (χ1v) is 14.2. The monoisotopic (exact) mass is 639 g/mol. The second kappa shape index (κ2) is 12.4. The molecule has 0 saturated carbocycles. The Bertz CT molecular complexity index is 1550. The standard InChI is InChI=1S/C29H31BrClN7O3/c1-18-13-19(30)14-22(31)27(18)35-29(39)41-21-16-25(37(3)17-21)23-7-8-32-28(33-23)34-24-6-5-20(15-26(24)40-4)38-11-9-36(2)10-12-38/h5-8,13-17H,9-12H2,1-4H3,(H,35,39)(H,32,33,34). The van der Waals surface area contributed by atoms with Gasteiger partial charge in [0.1, 0.15) is 5.75 Å². The van der Waals surface area contributed by atoms with Crippen molar-refractivity contribution in [3.05, 3.63) is 69.9 Å². The fraction of sp³-hybridized carbons (Fsp3) is 0.276. The Labute approximate surface area is 252 Å². The van der Waals surface area contributed by atoms with Gasteiger partial charge in [-0.3, -0.25) is 5.32 Å². The summed E-state index contributed by atoms with van der Waals surface area (Å²) in [6.45, 7) is 5.85. The van der Waals surface area contributed by atoms with Gasteiger partial charge in [0.25, 0.3) is 0 Å². The maximum absolute atomic E-state index is 12.6. The highest BCUT2D eigenvalue weighted by atomic mass is 79.9. The number of nitrogens with zero attached hydrogens (tertiary/aromatic N) is 5. The maximum Gasteiger partial charge on any atom is 0.417 e. The number of hydrogen-bond donors (Lipinski definition) is 2. The van der Waals surface area contributed by atoms with Crippen LogP contribution in [0.25, 0.3) is 11.4 Å². The van der Waals surface area contributed by atoms with Gasteiger partial charge in [-0.25, -0.2) is 14.8 Å². The lowest BCUT2D eigenvalue weighted by molar-refractivity contribution is 0.215. The summed E-state index contributed by atoms with van der Waals surface area (Å²) in [5.41, 5.74) is 4.58. The number of piperazine rings is 1. The highest BCUT2D eigenvalue weighted by Gasteiger charge is 2.18. The molecule has 2 N–H and O–H groups in total. The number of carbonyl (C=O) groups is 1. The number of rotatable bonds is 7. The number of anilines is 4. The number of methoxy groups -OCH3 is 1. The molecule has 4 aromatic rings. The third kappa shape index (κ3) is 6.75. The molecule has 1 aliphatic heterocycles. The van der Waals surface area contributed by atoms with Crippen LogP contribution in [0.1, 0.15) is 5.56 Å². The zero-order valence-electron chi connectivity index (χ0n) is 23.2. The van der Waals surface area contributed by atoms with Crippen molar-refractivity contribution < 1.29 is 14.3 Å². The maximum atomic E-state index is 12.6. The molecular weight excluding hydrogens is 610 g/mol. The van der Waals surface area contributed by atoms with E-state index < -0.39 is 6.09 Å². The average molecular weight is 641 g/mol. The molecule has 41 heavy (non-hydrogen) atoms. The Morgan fingerprint density at radius 2 is 1.85 bits per heavy atom. The van der Waals surface area contributed by atoms with Crippen molar-refractivity contribution in [2.45, 2.75) is 6.92 Å². The predicted octanol–water partition coefficient (Wildman–Crippen LogP) is 6.32. The lowest BCUT2D eigenvalue weighted by Crippen LogP contribution is -2.44. The number of halogens is 2. The molecule has 10 nitrogen and oxygen atoms in total. The van der Waals surface area contributed by atoms with Gasteiger partial charge < -0.3 is 29.2 Å². The predicted molar refractivity (Wildman–Crippen MR) is 166 cm³/mol. The van der Waals surface area contributed by atoms with Gasteiger partial charge >= 0.3 is 6.09 Å². The Morgan fingerprint density at radius 3 is 2.59 bits per heavy atom. The van der Waals surface area contributed by atoms with E-state index in [0.717, 1.165) is 53.3 Å². The van der Waals surface area contributed by atoms with Gasteiger partial charge in [-0.1, -0.05) is 27.5 Å². The highest BCUT2D eigenvalue weighted by Crippen LogP contribution is 2.33. The van der Waals surface area contributed by atoms with Crippen LogP contribution in [-0.2, 0) is 7.05 Å². The molecule has 12 heteroatoms. The summed E-state index contributed by atoms with van der Waals surface area (Å²) in [4.78, 5) is 26.4. The van der Waals surface area contributed by atoms with Crippen molar-refractivity contribution in [3.63, 3.8) is 0 Å². The normalized spacial score (nSPS) is 13.7. The molecule has 1 amide bonds. The SMILES string of the molecule is COc1cc(N2CCN(C)CC2)ccc1Nc1nccc(-c2cc(OC(=O)Nc3c(C)cc(Br)cc3Cl)cn2C)n1. The zero-order valence-corrected chi connectivity index (χ0v) is 25.6. The second-order valence-electron chi connectivity index (χ2n) is 9.83. The van der Waals surface area contributed by atoms with Crippen molar-refractivity contribution in [1.82, 2.24) is 19.4 Å². The van der Waals surface area contributed by atoms with E-state index in [1.165, 1.54) is 0 Å². The summed E-state index contributed by atoms with van der Waals surface area (Å²) in [6, 6.07) is 13.2. The summed E-state index contributed by atoms with van der Waals surface area (Å²) < 4.78 is 13.9. The Hall–Kier alpha value is -3.80. The number of likely N-dealkylation sites (N-methyl/N-ethyl adjacent to an activating group) is 1. The van der Waals surface area contributed by atoms with Crippen LogP contribution in [0, 0.1) is 6.92 Å². The van der Waals surface area contributed by atoms with Crippen molar-refractivity contribution in [2.24, 2.45) is 7.05 Å². The van der Waals surface area contributed by atoms with Gasteiger partial charge in [0.15, 0.2) is 5.75 Å². The lowest BCUT2D eigenvalue weighted by atomic mass is 10.2. The van der Waals surface area contributed by atoms with Gasteiger partial charge in [0.05, 0.1) is 34.9 Å². The molecule has 0 unspecified atom stereocenters. The minimum absolute atomic E-state index is 0.361. The van der Waals surface area contributed by atoms with Gasteiger partial charge in [0, 0.05) is 67.9 Å². The van der Waals surface area contributed by atoms with Crippen LogP contribution in [0.2, 0.25) is 5.02 Å². The van der Waals surface area contributed by atoms with Crippen LogP contribution in [-0.4, -0.2) is 65.9 Å². The lowest BCUT2D eigenvalue weighted by Gasteiger charge is -2.34. The Kier molecular flexibility index (Phi) is 8.67. The Balaban J connectivity index is 1.29. The molecule has 0 radical (unpaired) electrons. The number of ether oxygens (including phenoxy) is 2.